The predicted molar refractivity (Wildman–Crippen MR) is 71.4 cm³/mol. The van der Waals surface area contributed by atoms with E-state index in [4.69, 9.17) is 0 Å². The summed E-state index contributed by atoms with van der Waals surface area (Å²) < 4.78 is 27.3. The Hall–Kier alpha value is -1.68. The highest BCUT2D eigenvalue weighted by atomic mass is 79.9. The monoisotopic (exact) mass is 307 g/mol. The van der Waals surface area contributed by atoms with Crippen LogP contribution in [-0.4, -0.2) is 4.98 Å². The van der Waals surface area contributed by atoms with Gasteiger partial charge in [0.1, 0.15) is 11.6 Å². The summed E-state index contributed by atoms with van der Waals surface area (Å²) in [5, 5.41) is 0.779. The molecule has 0 radical (unpaired) electrons. The Labute approximate surface area is 111 Å². The molecule has 1 nitrogen and oxygen atoms in total. The summed E-state index contributed by atoms with van der Waals surface area (Å²) in [5.41, 5.74) is 2.04. The molecule has 0 unspecified atom stereocenters. The van der Waals surface area contributed by atoms with Crippen LogP contribution < -0.4 is 0 Å². The molecule has 2 aromatic carbocycles. The summed E-state index contributed by atoms with van der Waals surface area (Å²) in [4.78, 5) is 3.01. The van der Waals surface area contributed by atoms with Crippen LogP contribution in [0, 0.1) is 11.6 Å². The molecule has 3 aromatic rings. The number of rotatable bonds is 1. The highest BCUT2D eigenvalue weighted by Crippen LogP contribution is 2.28. The third kappa shape index (κ3) is 1.93. The van der Waals surface area contributed by atoms with Crippen molar-refractivity contribution in [1.29, 1.82) is 0 Å². The van der Waals surface area contributed by atoms with Gasteiger partial charge in [-0.15, -0.1) is 0 Å². The van der Waals surface area contributed by atoms with Crippen LogP contribution in [0.3, 0.4) is 0 Å². The summed E-state index contributed by atoms with van der Waals surface area (Å²) in [7, 11) is 0. The van der Waals surface area contributed by atoms with Crippen LogP contribution in [0.5, 0.6) is 0 Å². The minimum atomic E-state index is -0.312. The van der Waals surface area contributed by atoms with Crippen molar-refractivity contribution < 1.29 is 8.78 Å². The third-order valence-electron chi connectivity index (χ3n) is 2.80. The predicted octanol–water partition coefficient (Wildman–Crippen LogP) is 4.88. The Morgan fingerprint density at radius 3 is 2.39 bits per heavy atom. The normalized spacial score (nSPS) is 11.1. The second-order valence-corrected chi connectivity index (χ2v) is 4.96. The molecular weight excluding hydrogens is 300 g/mol. The van der Waals surface area contributed by atoms with Gasteiger partial charge in [0.15, 0.2) is 0 Å². The fourth-order valence-electron chi connectivity index (χ4n) is 1.95. The summed E-state index contributed by atoms with van der Waals surface area (Å²) in [6.07, 6.45) is 0. The van der Waals surface area contributed by atoms with Gasteiger partial charge in [-0.2, -0.15) is 0 Å². The van der Waals surface area contributed by atoms with Gasteiger partial charge in [-0.25, -0.2) is 8.78 Å². The van der Waals surface area contributed by atoms with Gasteiger partial charge in [-0.1, -0.05) is 15.9 Å². The second-order valence-electron chi connectivity index (χ2n) is 4.04. The first kappa shape index (κ1) is 11.4. The zero-order valence-electron chi connectivity index (χ0n) is 9.18. The first-order valence-corrected chi connectivity index (χ1v) is 6.16. The molecule has 0 spiro atoms. The molecule has 18 heavy (non-hydrogen) atoms. The zero-order valence-corrected chi connectivity index (χ0v) is 10.8. The van der Waals surface area contributed by atoms with Crippen LogP contribution in [0.2, 0.25) is 0 Å². The number of aromatic amines is 1. The topological polar surface area (TPSA) is 15.8 Å². The SMILES string of the molecule is Fc1ccc(-c2cc3cc(Br)cc(F)c3[nH]2)cc1. The number of hydrogen-bond donors (Lipinski definition) is 1. The van der Waals surface area contributed by atoms with E-state index in [9.17, 15) is 8.78 Å². The molecule has 1 heterocycles. The smallest absolute Gasteiger partial charge is 0.148 e. The van der Waals surface area contributed by atoms with Crippen LogP contribution in [0.15, 0.2) is 46.9 Å². The van der Waals surface area contributed by atoms with Gasteiger partial charge in [-0.3, -0.25) is 0 Å². The molecule has 3 rings (SSSR count). The van der Waals surface area contributed by atoms with Crippen molar-refractivity contribution in [3.8, 4) is 11.3 Å². The van der Waals surface area contributed by atoms with Gasteiger partial charge in [-0.05, 0) is 48.0 Å². The highest BCUT2D eigenvalue weighted by Gasteiger charge is 2.08. The molecule has 0 bridgehead atoms. The van der Waals surface area contributed by atoms with Gasteiger partial charge in [0, 0.05) is 15.6 Å². The van der Waals surface area contributed by atoms with Gasteiger partial charge in [0.25, 0.3) is 0 Å². The highest BCUT2D eigenvalue weighted by molar-refractivity contribution is 9.10. The molecule has 1 N–H and O–H groups in total. The van der Waals surface area contributed by atoms with Crippen molar-refractivity contribution >= 4 is 26.8 Å². The lowest BCUT2D eigenvalue weighted by atomic mass is 10.1. The summed E-state index contributed by atoms with van der Waals surface area (Å²) in [5.74, 6) is -0.600. The van der Waals surface area contributed by atoms with E-state index in [1.165, 1.54) is 18.2 Å². The van der Waals surface area contributed by atoms with E-state index < -0.39 is 0 Å². The van der Waals surface area contributed by atoms with E-state index >= 15 is 0 Å². The van der Waals surface area contributed by atoms with E-state index in [2.05, 4.69) is 20.9 Å². The number of hydrogen-bond acceptors (Lipinski definition) is 0. The van der Waals surface area contributed by atoms with E-state index in [-0.39, 0.29) is 11.6 Å². The Kier molecular flexibility index (Phi) is 2.67. The first-order chi connectivity index (χ1) is 8.63. The molecule has 0 atom stereocenters. The zero-order chi connectivity index (χ0) is 12.7. The summed E-state index contributed by atoms with van der Waals surface area (Å²) >= 11 is 3.25. The standard InChI is InChI=1S/C14H8BrF2N/c15-10-5-9-6-13(18-14(9)12(17)7-10)8-1-3-11(16)4-2-8/h1-7,18H. The lowest BCUT2D eigenvalue weighted by Gasteiger charge is -1.96. The van der Waals surface area contributed by atoms with Crippen molar-refractivity contribution in [2.24, 2.45) is 0 Å². The maximum Gasteiger partial charge on any atom is 0.148 e. The van der Waals surface area contributed by atoms with E-state index in [1.807, 2.05) is 12.1 Å². The average Bonchev–Trinajstić information content (AvgIpc) is 2.74. The van der Waals surface area contributed by atoms with Gasteiger partial charge < -0.3 is 4.98 Å². The molecular formula is C14H8BrF2N. The van der Waals surface area contributed by atoms with Crippen LogP contribution in [0.1, 0.15) is 0 Å². The third-order valence-corrected chi connectivity index (χ3v) is 3.26. The van der Waals surface area contributed by atoms with E-state index in [0.717, 1.165) is 16.6 Å². The van der Waals surface area contributed by atoms with Gasteiger partial charge >= 0.3 is 0 Å². The fraction of sp³-hybridized carbons (Fsp3) is 0. The molecule has 0 amide bonds. The fourth-order valence-corrected chi connectivity index (χ4v) is 2.40. The van der Waals surface area contributed by atoms with Crippen molar-refractivity contribution in [2.75, 3.05) is 0 Å². The molecule has 1 aromatic heterocycles. The molecule has 0 aliphatic heterocycles. The van der Waals surface area contributed by atoms with Gasteiger partial charge in [0.2, 0.25) is 0 Å². The molecule has 0 saturated heterocycles. The number of aromatic nitrogens is 1. The Bertz CT molecular complexity index is 716. The number of halogens is 3. The molecule has 0 aliphatic carbocycles. The Balaban J connectivity index is 2.19. The Morgan fingerprint density at radius 1 is 0.944 bits per heavy atom. The number of fused-ring (bicyclic) bond motifs is 1. The second kappa shape index (κ2) is 4.21. The maximum atomic E-state index is 13.7. The van der Waals surface area contributed by atoms with Gasteiger partial charge in [0.05, 0.1) is 5.52 Å². The number of H-pyrrole nitrogens is 1. The van der Waals surface area contributed by atoms with Crippen LogP contribution in [0.25, 0.3) is 22.2 Å². The van der Waals surface area contributed by atoms with Crippen molar-refractivity contribution in [1.82, 2.24) is 4.98 Å². The molecule has 0 saturated carbocycles. The first-order valence-electron chi connectivity index (χ1n) is 5.37. The van der Waals surface area contributed by atoms with Crippen molar-refractivity contribution in [2.45, 2.75) is 0 Å². The van der Waals surface area contributed by atoms with Crippen LogP contribution in [0.4, 0.5) is 8.78 Å². The lowest BCUT2D eigenvalue weighted by Crippen LogP contribution is -1.80. The quantitative estimate of drug-likeness (QED) is 0.660. The Morgan fingerprint density at radius 2 is 1.67 bits per heavy atom. The molecule has 90 valence electrons. The largest absolute Gasteiger partial charge is 0.352 e. The lowest BCUT2D eigenvalue weighted by molar-refractivity contribution is 0.628. The summed E-state index contributed by atoms with van der Waals surface area (Å²) in [6.45, 7) is 0. The number of benzene rings is 2. The van der Waals surface area contributed by atoms with E-state index in [0.29, 0.717) is 9.99 Å². The van der Waals surface area contributed by atoms with E-state index in [1.54, 1.807) is 12.1 Å². The molecule has 0 aliphatic rings. The minimum absolute atomic E-state index is 0.288. The molecule has 0 fully saturated rings. The number of nitrogens with one attached hydrogen (secondary N) is 1. The van der Waals surface area contributed by atoms with Crippen molar-refractivity contribution in [3.63, 3.8) is 0 Å². The maximum absolute atomic E-state index is 13.7. The summed E-state index contributed by atoms with van der Waals surface area (Å²) in [6, 6.07) is 11.2. The van der Waals surface area contributed by atoms with Crippen molar-refractivity contribution in [3.05, 3.63) is 58.6 Å². The van der Waals surface area contributed by atoms with Crippen LogP contribution in [-0.2, 0) is 0 Å². The minimum Gasteiger partial charge on any atom is -0.352 e. The van der Waals surface area contributed by atoms with Crippen LogP contribution >= 0.6 is 15.9 Å². The molecule has 4 heteroatoms. The average molecular weight is 308 g/mol.